The maximum atomic E-state index is 12.9. The Hall–Kier alpha value is -1.20. The fourth-order valence-electron chi connectivity index (χ4n) is 2.59. The van der Waals surface area contributed by atoms with Crippen LogP contribution in [0.5, 0.6) is 0 Å². The molecule has 110 valence electrons. The van der Waals surface area contributed by atoms with E-state index in [-0.39, 0.29) is 5.56 Å². The van der Waals surface area contributed by atoms with Gasteiger partial charge in [0.1, 0.15) is 0 Å². The molecule has 1 aliphatic rings. The molecule has 1 aromatic carbocycles. The summed E-state index contributed by atoms with van der Waals surface area (Å²) >= 11 is 3.27. The fourth-order valence-corrected chi connectivity index (χ4v) is 4.36. The van der Waals surface area contributed by atoms with Crippen LogP contribution in [0.15, 0.2) is 33.0 Å². The largest absolute Gasteiger partial charge is 0.272 e. The van der Waals surface area contributed by atoms with Gasteiger partial charge in [-0.05, 0) is 31.2 Å². The van der Waals surface area contributed by atoms with Crippen LogP contribution < -0.4 is 5.56 Å². The summed E-state index contributed by atoms with van der Waals surface area (Å²) in [6.45, 7) is 6.21. The highest BCUT2D eigenvalue weighted by Crippen LogP contribution is 2.30. The number of rotatable bonds is 3. The molecule has 1 aromatic heterocycles. The molecule has 0 unspecified atom stereocenters. The van der Waals surface area contributed by atoms with E-state index < -0.39 is 0 Å². The predicted octanol–water partition coefficient (Wildman–Crippen LogP) is 3.61. The van der Waals surface area contributed by atoms with Crippen molar-refractivity contribution in [2.45, 2.75) is 37.2 Å². The molecule has 3 rings (SSSR count). The first-order chi connectivity index (χ1) is 10.1. The second-order valence-electron chi connectivity index (χ2n) is 5.13. The zero-order valence-electron chi connectivity index (χ0n) is 12.5. The standard InChI is InChI=1S/C16H18N2OS2/c1-4-20-16-17-12-7-8-21-14(12)15(19)18(16)13-6-5-10(2)9-11(13)3/h5-6,9H,4,7-8H2,1-3H3. The second-order valence-corrected chi connectivity index (χ2v) is 7.47. The lowest BCUT2D eigenvalue weighted by Gasteiger charge is -2.15. The average molecular weight is 318 g/mol. The first-order valence-corrected chi connectivity index (χ1v) is 9.08. The van der Waals surface area contributed by atoms with Crippen molar-refractivity contribution in [2.75, 3.05) is 11.5 Å². The van der Waals surface area contributed by atoms with E-state index in [1.807, 2.05) is 6.07 Å². The molecule has 0 bridgehead atoms. The average Bonchev–Trinajstić information content (AvgIpc) is 2.90. The Labute approximate surface area is 133 Å². The Bertz CT molecular complexity index is 753. The number of nitrogens with zero attached hydrogens (tertiary/aromatic N) is 2. The number of thioether (sulfide) groups is 2. The molecule has 21 heavy (non-hydrogen) atoms. The van der Waals surface area contributed by atoms with Crippen molar-refractivity contribution in [3.63, 3.8) is 0 Å². The van der Waals surface area contributed by atoms with E-state index in [1.165, 1.54) is 5.56 Å². The highest BCUT2D eigenvalue weighted by atomic mass is 32.2. The molecule has 0 atom stereocenters. The second kappa shape index (κ2) is 5.89. The monoisotopic (exact) mass is 318 g/mol. The van der Waals surface area contributed by atoms with Crippen LogP contribution in [-0.4, -0.2) is 21.1 Å². The summed E-state index contributed by atoms with van der Waals surface area (Å²) in [5, 5.41) is 0.815. The summed E-state index contributed by atoms with van der Waals surface area (Å²) in [6.07, 6.45) is 0.903. The van der Waals surface area contributed by atoms with Gasteiger partial charge in [-0.15, -0.1) is 11.8 Å². The summed E-state index contributed by atoms with van der Waals surface area (Å²) in [5.41, 5.74) is 4.33. The third-order valence-corrected chi connectivity index (χ3v) is 5.46. The molecule has 0 fully saturated rings. The Morgan fingerprint density at radius 2 is 2.19 bits per heavy atom. The van der Waals surface area contributed by atoms with Crippen LogP contribution >= 0.6 is 23.5 Å². The van der Waals surface area contributed by atoms with Crippen molar-refractivity contribution >= 4 is 23.5 Å². The molecule has 0 aliphatic carbocycles. The lowest BCUT2D eigenvalue weighted by Crippen LogP contribution is -2.24. The molecule has 2 aromatic rings. The van der Waals surface area contributed by atoms with Gasteiger partial charge in [0.2, 0.25) is 0 Å². The number of benzene rings is 1. The quantitative estimate of drug-likeness (QED) is 0.640. The molecule has 0 radical (unpaired) electrons. The van der Waals surface area contributed by atoms with Gasteiger partial charge < -0.3 is 0 Å². The highest BCUT2D eigenvalue weighted by molar-refractivity contribution is 7.99. The molecule has 0 amide bonds. The van der Waals surface area contributed by atoms with Gasteiger partial charge in [-0.3, -0.25) is 9.36 Å². The van der Waals surface area contributed by atoms with Crippen LogP contribution in [0.2, 0.25) is 0 Å². The molecule has 1 aliphatic heterocycles. The van der Waals surface area contributed by atoms with Crippen molar-refractivity contribution < 1.29 is 0 Å². The summed E-state index contributed by atoms with van der Waals surface area (Å²) in [7, 11) is 0. The number of hydrogen-bond donors (Lipinski definition) is 0. The van der Waals surface area contributed by atoms with E-state index in [2.05, 4.69) is 32.9 Å². The van der Waals surface area contributed by atoms with E-state index in [9.17, 15) is 4.79 Å². The van der Waals surface area contributed by atoms with Crippen LogP contribution in [0.1, 0.15) is 23.7 Å². The summed E-state index contributed by atoms with van der Waals surface area (Å²) in [5.74, 6) is 1.87. The maximum Gasteiger partial charge on any atom is 0.272 e. The first-order valence-electron chi connectivity index (χ1n) is 7.11. The minimum Gasteiger partial charge on any atom is -0.268 e. The van der Waals surface area contributed by atoms with Gasteiger partial charge in [-0.25, -0.2) is 4.98 Å². The molecular formula is C16H18N2OS2. The minimum atomic E-state index is 0.0883. The third-order valence-electron chi connectivity index (χ3n) is 3.53. The van der Waals surface area contributed by atoms with Crippen LogP contribution in [0, 0.1) is 13.8 Å². The van der Waals surface area contributed by atoms with E-state index in [4.69, 9.17) is 4.98 Å². The van der Waals surface area contributed by atoms with E-state index in [1.54, 1.807) is 28.1 Å². The van der Waals surface area contributed by atoms with Gasteiger partial charge in [-0.2, -0.15) is 0 Å². The normalized spacial score (nSPS) is 13.5. The van der Waals surface area contributed by atoms with Crippen molar-refractivity contribution in [3.8, 4) is 5.69 Å². The van der Waals surface area contributed by atoms with E-state index >= 15 is 0 Å². The van der Waals surface area contributed by atoms with Crippen LogP contribution in [-0.2, 0) is 6.42 Å². The molecular weight excluding hydrogens is 300 g/mol. The predicted molar refractivity (Wildman–Crippen MR) is 90.1 cm³/mol. The molecule has 0 saturated heterocycles. The molecule has 0 saturated carbocycles. The highest BCUT2D eigenvalue weighted by Gasteiger charge is 2.22. The summed E-state index contributed by atoms with van der Waals surface area (Å²) in [6, 6.07) is 6.19. The number of aromatic nitrogens is 2. The van der Waals surface area contributed by atoms with Gasteiger partial charge in [0.25, 0.3) is 5.56 Å². The molecule has 0 spiro atoms. The molecule has 5 heteroatoms. The Morgan fingerprint density at radius 1 is 1.38 bits per heavy atom. The number of hydrogen-bond acceptors (Lipinski definition) is 4. The number of fused-ring (bicyclic) bond motifs is 1. The minimum absolute atomic E-state index is 0.0883. The summed E-state index contributed by atoms with van der Waals surface area (Å²) in [4.78, 5) is 18.5. The smallest absolute Gasteiger partial charge is 0.268 e. The van der Waals surface area contributed by atoms with Crippen LogP contribution in [0.4, 0.5) is 0 Å². The van der Waals surface area contributed by atoms with Crippen molar-refractivity contribution in [2.24, 2.45) is 0 Å². The van der Waals surface area contributed by atoms with Crippen molar-refractivity contribution in [1.29, 1.82) is 0 Å². The fraction of sp³-hybridized carbons (Fsp3) is 0.375. The molecule has 2 heterocycles. The van der Waals surface area contributed by atoms with Crippen LogP contribution in [0.25, 0.3) is 5.69 Å². The third kappa shape index (κ3) is 2.64. The van der Waals surface area contributed by atoms with Crippen molar-refractivity contribution in [3.05, 3.63) is 45.4 Å². The lowest BCUT2D eigenvalue weighted by atomic mass is 10.1. The van der Waals surface area contributed by atoms with Crippen LogP contribution in [0.3, 0.4) is 0 Å². The first kappa shape index (κ1) is 14.7. The summed E-state index contributed by atoms with van der Waals surface area (Å²) < 4.78 is 1.79. The van der Waals surface area contributed by atoms with Gasteiger partial charge in [-0.1, -0.05) is 36.4 Å². The maximum absolute atomic E-state index is 12.9. The Balaban J connectivity index is 2.27. The van der Waals surface area contributed by atoms with E-state index in [0.29, 0.717) is 0 Å². The van der Waals surface area contributed by atoms with Gasteiger partial charge >= 0.3 is 0 Å². The molecule has 3 nitrogen and oxygen atoms in total. The zero-order valence-corrected chi connectivity index (χ0v) is 14.1. The topological polar surface area (TPSA) is 34.9 Å². The molecule has 0 N–H and O–H groups in total. The lowest BCUT2D eigenvalue weighted by molar-refractivity contribution is 0.736. The Kier molecular flexibility index (Phi) is 4.13. The van der Waals surface area contributed by atoms with Gasteiger partial charge in [0, 0.05) is 12.2 Å². The zero-order chi connectivity index (χ0) is 15.0. The van der Waals surface area contributed by atoms with Crippen molar-refractivity contribution in [1.82, 2.24) is 9.55 Å². The van der Waals surface area contributed by atoms with Gasteiger partial charge in [0.15, 0.2) is 5.16 Å². The SMILES string of the molecule is CCSc1nc2c(c(=O)n1-c1ccc(C)cc1C)SCC2. The van der Waals surface area contributed by atoms with E-state index in [0.717, 1.165) is 44.9 Å². The van der Waals surface area contributed by atoms with Gasteiger partial charge in [0.05, 0.1) is 16.3 Å². The Morgan fingerprint density at radius 3 is 2.90 bits per heavy atom. The number of aryl methyl sites for hydroxylation is 3.